The maximum atomic E-state index is 12.9. The second kappa shape index (κ2) is 6.91. The molecule has 3 N–H and O–H groups in total. The van der Waals surface area contributed by atoms with Gasteiger partial charge in [0.25, 0.3) is 5.91 Å². The Balaban J connectivity index is 1.48. The molecule has 0 atom stereocenters. The van der Waals surface area contributed by atoms with Crippen LogP contribution in [-0.4, -0.2) is 38.5 Å². The van der Waals surface area contributed by atoms with Gasteiger partial charge in [0.15, 0.2) is 5.69 Å². The normalized spacial score (nSPS) is 17.8. The summed E-state index contributed by atoms with van der Waals surface area (Å²) in [5.74, 6) is -0.897. The number of nitrogens with zero attached hydrogens (tertiary/aromatic N) is 3. The number of benzene rings is 1. The Morgan fingerprint density at radius 3 is 2.68 bits per heavy atom. The molecule has 144 valence electrons. The lowest BCUT2D eigenvalue weighted by atomic mass is 9.98. The number of hydrogen-bond acceptors (Lipinski definition) is 6. The molecule has 1 aliphatic heterocycles. The van der Waals surface area contributed by atoms with Crippen molar-refractivity contribution in [3.05, 3.63) is 47.9 Å². The molecule has 0 bridgehead atoms. The van der Waals surface area contributed by atoms with Crippen LogP contribution in [0.5, 0.6) is 0 Å². The lowest BCUT2D eigenvalue weighted by Crippen LogP contribution is -2.44. The molecule has 2 aromatic rings. The van der Waals surface area contributed by atoms with Crippen LogP contribution in [-0.2, 0) is 11.3 Å². The summed E-state index contributed by atoms with van der Waals surface area (Å²) in [5.41, 5.74) is 0.492. The van der Waals surface area contributed by atoms with Gasteiger partial charge in [-0.1, -0.05) is 25.0 Å². The number of nitrogens with one attached hydrogen (secondary N) is 2. The molecular weight excluding hydrogens is 362 g/mol. The molecule has 1 saturated heterocycles. The van der Waals surface area contributed by atoms with Crippen molar-refractivity contribution in [1.29, 1.82) is 0 Å². The molecule has 9 heteroatoms. The number of urea groups is 1. The summed E-state index contributed by atoms with van der Waals surface area (Å²) in [6, 6.07) is 6.77. The van der Waals surface area contributed by atoms with Crippen LogP contribution >= 0.6 is 0 Å². The van der Waals surface area contributed by atoms with E-state index in [-0.39, 0.29) is 17.6 Å². The van der Waals surface area contributed by atoms with Gasteiger partial charge >= 0.3 is 12.0 Å². The fraction of sp³-hybridized carbons (Fsp3) is 0.316. The van der Waals surface area contributed by atoms with Crippen molar-refractivity contribution in [3.8, 4) is 0 Å². The molecule has 0 unspecified atom stereocenters. The standard InChI is InChI=1S/C19H19N5O4/c25-16(26)14-10-22-15(11-20-14)21-9-12-4-3-5-13(8-12)24-17(27)19(23-18(24)28)6-1-2-7-19/h3-5,8,10-11H,1-2,6-7,9H2,(H,21,22)(H,23,28)(H,25,26). The van der Waals surface area contributed by atoms with Crippen LogP contribution in [0.2, 0.25) is 0 Å². The first-order chi connectivity index (χ1) is 13.5. The van der Waals surface area contributed by atoms with Crippen molar-refractivity contribution < 1.29 is 19.5 Å². The molecule has 4 rings (SSSR count). The Kier molecular flexibility index (Phi) is 4.42. The van der Waals surface area contributed by atoms with Crippen LogP contribution in [0.15, 0.2) is 36.7 Å². The highest BCUT2D eigenvalue weighted by Gasteiger charge is 2.52. The minimum absolute atomic E-state index is 0.132. The minimum atomic E-state index is -1.14. The average molecular weight is 381 g/mol. The largest absolute Gasteiger partial charge is 0.476 e. The molecule has 1 aromatic heterocycles. The lowest BCUT2D eigenvalue weighted by molar-refractivity contribution is -0.121. The van der Waals surface area contributed by atoms with E-state index in [0.717, 1.165) is 18.4 Å². The number of carbonyl (C=O) groups is 3. The molecule has 3 amide bonds. The summed E-state index contributed by atoms with van der Waals surface area (Å²) >= 11 is 0. The van der Waals surface area contributed by atoms with E-state index in [1.54, 1.807) is 18.2 Å². The molecule has 9 nitrogen and oxygen atoms in total. The Bertz CT molecular complexity index is 938. The number of aromatic carboxylic acids is 1. The predicted molar refractivity (Wildman–Crippen MR) is 100.0 cm³/mol. The zero-order chi connectivity index (χ0) is 19.7. The van der Waals surface area contributed by atoms with Crippen molar-refractivity contribution >= 4 is 29.4 Å². The SMILES string of the molecule is O=C(O)c1cnc(NCc2cccc(N3C(=O)NC4(CCCC4)C3=O)c2)cn1. The zero-order valence-corrected chi connectivity index (χ0v) is 15.0. The van der Waals surface area contributed by atoms with Crippen LogP contribution in [0.25, 0.3) is 0 Å². The maximum absolute atomic E-state index is 12.9. The van der Waals surface area contributed by atoms with Gasteiger partial charge in [-0.15, -0.1) is 0 Å². The molecule has 2 fully saturated rings. The van der Waals surface area contributed by atoms with Gasteiger partial charge in [-0.2, -0.15) is 0 Å². The smallest absolute Gasteiger partial charge is 0.356 e. The summed E-state index contributed by atoms with van der Waals surface area (Å²) in [6.45, 7) is 0.379. The summed E-state index contributed by atoms with van der Waals surface area (Å²) in [6.07, 6.45) is 5.75. The predicted octanol–water partition coefficient (Wildman–Crippen LogP) is 2.16. The number of imide groups is 1. The molecule has 2 heterocycles. The number of carbonyl (C=O) groups excluding carboxylic acids is 2. The fourth-order valence-electron chi connectivity index (χ4n) is 3.70. The van der Waals surface area contributed by atoms with E-state index in [1.807, 2.05) is 6.07 Å². The Morgan fingerprint density at radius 2 is 2.00 bits per heavy atom. The van der Waals surface area contributed by atoms with E-state index in [1.165, 1.54) is 17.3 Å². The second-order valence-electron chi connectivity index (χ2n) is 6.98. The quantitative estimate of drug-likeness (QED) is 0.678. The molecular formula is C19H19N5O4. The second-order valence-corrected chi connectivity index (χ2v) is 6.98. The number of hydrogen-bond donors (Lipinski definition) is 3. The monoisotopic (exact) mass is 381 g/mol. The number of carboxylic acids is 1. The Hall–Kier alpha value is -3.49. The number of rotatable bonds is 5. The topological polar surface area (TPSA) is 125 Å². The minimum Gasteiger partial charge on any atom is -0.476 e. The van der Waals surface area contributed by atoms with E-state index in [4.69, 9.17) is 5.11 Å². The van der Waals surface area contributed by atoms with Crippen molar-refractivity contribution in [2.24, 2.45) is 0 Å². The van der Waals surface area contributed by atoms with Crippen LogP contribution in [0.3, 0.4) is 0 Å². The molecule has 1 aromatic carbocycles. The Labute approximate surface area is 160 Å². The number of anilines is 2. The number of aromatic nitrogens is 2. The first-order valence-corrected chi connectivity index (χ1v) is 9.03. The maximum Gasteiger partial charge on any atom is 0.356 e. The molecule has 1 aliphatic carbocycles. The summed E-state index contributed by atoms with van der Waals surface area (Å²) in [5, 5.41) is 14.8. The van der Waals surface area contributed by atoms with E-state index in [2.05, 4.69) is 20.6 Å². The Morgan fingerprint density at radius 1 is 1.21 bits per heavy atom. The van der Waals surface area contributed by atoms with Gasteiger partial charge in [0.1, 0.15) is 11.4 Å². The molecule has 28 heavy (non-hydrogen) atoms. The van der Waals surface area contributed by atoms with Crippen LogP contribution in [0.4, 0.5) is 16.3 Å². The van der Waals surface area contributed by atoms with Crippen molar-refractivity contribution in [3.63, 3.8) is 0 Å². The third-order valence-corrected chi connectivity index (χ3v) is 5.13. The fourth-order valence-corrected chi connectivity index (χ4v) is 3.70. The van der Waals surface area contributed by atoms with Crippen LogP contribution in [0.1, 0.15) is 41.7 Å². The first-order valence-electron chi connectivity index (χ1n) is 9.03. The highest BCUT2D eigenvalue weighted by molar-refractivity contribution is 6.23. The summed E-state index contributed by atoms with van der Waals surface area (Å²) in [7, 11) is 0. The van der Waals surface area contributed by atoms with E-state index >= 15 is 0 Å². The summed E-state index contributed by atoms with van der Waals surface area (Å²) in [4.78, 5) is 45.2. The third-order valence-electron chi connectivity index (χ3n) is 5.13. The van der Waals surface area contributed by atoms with Crippen molar-refractivity contribution in [2.75, 3.05) is 10.2 Å². The highest BCUT2D eigenvalue weighted by atomic mass is 16.4. The van der Waals surface area contributed by atoms with Gasteiger partial charge in [-0.3, -0.25) is 4.79 Å². The van der Waals surface area contributed by atoms with Crippen molar-refractivity contribution in [1.82, 2.24) is 15.3 Å². The van der Waals surface area contributed by atoms with E-state index in [0.29, 0.717) is 30.9 Å². The number of amides is 3. The van der Waals surface area contributed by atoms with Gasteiger partial charge in [-0.25, -0.2) is 24.5 Å². The average Bonchev–Trinajstić information content (AvgIpc) is 3.25. The van der Waals surface area contributed by atoms with Gasteiger partial charge in [0.2, 0.25) is 0 Å². The van der Waals surface area contributed by atoms with Gasteiger partial charge in [0, 0.05) is 6.54 Å². The van der Waals surface area contributed by atoms with Gasteiger partial charge in [0.05, 0.1) is 18.1 Å². The molecule has 2 aliphatic rings. The third kappa shape index (κ3) is 3.15. The van der Waals surface area contributed by atoms with E-state index < -0.39 is 11.5 Å². The summed E-state index contributed by atoms with van der Waals surface area (Å²) < 4.78 is 0. The number of carboxylic acid groups (broad SMARTS) is 1. The van der Waals surface area contributed by atoms with Crippen LogP contribution in [0, 0.1) is 0 Å². The molecule has 1 saturated carbocycles. The lowest BCUT2D eigenvalue weighted by Gasteiger charge is -2.20. The molecule has 1 spiro atoms. The first kappa shape index (κ1) is 17.9. The van der Waals surface area contributed by atoms with Crippen molar-refractivity contribution in [2.45, 2.75) is 37.8 Å². The highest BCUT2D eigenvalue weighted by Crippen LogP contribution is 2.37. The van der Waals surface area contributed by atoms with Crippen LogP contribution < -0.4 is 15.5 Å². The molecule has 0 radical (unpaired) electrons. The van der Waals surface area contributed by atoms with Gasteiger partial charge < -0.3 is 15.7 Å². The van der Waals surface area contributed by atoms with E-state index in [9.17, 15) is 14.4 Å². The zero-order valence-electron chi connectivity index (χ0n) is 15.0. The van der Waals surface area contributed by atoms with Gasteiger partial charge in [-0.05, 0) is 30.5 Å².